The molecule has 1 fully saturated rings. The van der Waals surface area contributed by atoms with Crippen LogP contribution < -0.4 is 0 Å². The highest BCUT2D eigenvalue weighted by molar-refractivity contribution is 4.89. The van der Waals surface area contributed by atoms with E-state index in [-0.39, 0.29) is 0 Å². The second kappa shape index (κ2) is 4.89. The van der Waals surface area contributed by atoms with Crippen LogP contribution in [0, 0.1) is 41.4 Å². The lowest BCUT2D eigenvalue weighted by molar-refractivity contribution is 0.0105. The van der Waals surface area contributed by atoms with Crippen molar-refractivity contribution in [1.29, 1.82) is 0 Å². The fourth-order valence-electron chi connectivity index (χ4n) is 4.72. The molecule has 4 atom stereocenters. The van der Waals surface area contributed by atoms with E-state index in [4.69, 9.17) is 0 Å². The van der Waals surface area contributed by atoms with E-state index < -0.39 is 0 Å². The van der Waals surface area contributed by atoms with E-state index in [2.05, 4.69) is 48.5 Å². The zero-order valence-electron chi connectivity index (χ0n) is 11.7. The molecule has 15 heavy (non-hydrogen) atoms. The van der Waals surface area contributed by atoms with Crippen LogP contribution >= 0.6 is 0 Å². The Morgan fingerprint density at radius 1 is 0.733 bits per heavy atom. The quantitative estimate of drug-likeness (QED) is 0.611. The maximum absolute atomic E-state index is 2.50. The first-order valence-corrected chi connectivity index (χ1v) is 6.86. The van der Waals surface area contributed by atoms with Gasteiger partial charge in [0.2, 0.25) is 0 Å². The first-order chi connectivity index (χ1) is 6.86. The van der Waals surface area contributed by atoms with Crippen LogP contribution in [0.2, 0.25) is 0 Å². The normalized spacial score (nSPS) is 42.6. The minimum atomic E-state index is 0.851. The van der Waals surface area contributed by atoms with Gasteiger partial charge in [-0.2, -0.15) is 0 Å². The lowest BCUT2D eigenvalue weighted by Crippen LogP contribution is -2.41. The fourth-order valence-corrected chi connectivity index (χ4v) is 4.72. The predicted octanol–water partition coefficient (Wildman–Crippen LogP) is 4.84. The van der Waals surface area contributed by atoms with Gasteiger partial charge in [-0.05, 0) is 47.8 Å². The molecule has 0 saturated heterocycles. The standard InChI is InChI=1S/C15H30/c1-9(2)14-11(5)8-12(6)15(10(3)4)13(14)7/h9-15H,8H2,1-7H3. The van der Waals surface area contributed by atoms with Gasteiger partial charge in [0.05, 0.1) is 0 Å². The molecule has 0 N–H and O–H groups in total. The van der Waals surface area contributed by atoms with E-state index in [1.54, 1.807) is 0 Å². The molecule has 90 valence electrons. The Kier molecular flexibility index (Phi) is 4.26. The molecule has 0 radical (unpaired) electrons. The maximum Gasteiger partial charge on any atom is -0.0337 e. The van der Waals surface area contributed by atoms with Crippen molar-refractivity contribution in [2.75, 3.05) is 0 Å². The van der Waals surface area contributed by atoms with Gasteiger partial charge in [-0.15, -0.1) is 0 Å². The number of hydrogen-bond donors (Lipinski definition) is 0. The molecule has 0 aliphatic heterocycles. The summed E-state index contributed by atoms with van der Waals surface area (Å²) in [5, 5.41) is 0. The van der Waals surface area contributed by atoms with Crippen molar-refractivity contribution in [3.63, 3.8) is 0 Å². The van der Waals surface area contributed by atoms with Crippen molar-refractivity contribution in [1.82, 2.24) is 0 Å². The van der Waals surface area contributed by atoms with E-state index in [1.165, 1.54) is 6.42 Å². The van der Waals surface area contributed by atoms with Gasteiger partial charge in [0.1, 0.15) is 0 Å². The molecule has 0 aromatic rings. The third-order valence-corrected chi connectivity index (χ3v) is 4.81. The lowest BCUT2D eigenvalue weighted by Gasteiger charge is -2.48. The summed E-state index contributed by atoms with van der Waals surface area (Å²) < 4.78 is 0. The van der Waals surface area contributed by atoms with Gasteiger partial charge in [0, 0.05) is 0 Å². The molecule has 1 aliphatic rings. The molecular weight excluding hydrogens is 180 g/mol. The summed E-state index contributed by atoms with van der Waals surface area (Å²) in [6, 6.07) is 0. The summed E-state index contributed by atoms with van der Waals surface area (Å²) in [6.45, 7) is 17.1. The SMILES string of the molecule is CC(C)C1C(C)CC(C)C(C(C)C)C1C. The Morgan fingerprint density at radius 2 is 1.07 bits per heavy atom. The van der Waals surface area contributed by atoms with E-state index in [0.717, 1.165) is 41.4 Å². The van der Waals surface area contributed by atoms with Gasteiger partial charge in [0.15, 0.2) is 0 Å². The van der Waals surface area contributed by atoms with Crippen LogP contribution in [0.15, 0.2) is 0 Å². The highest BCUT2D eigenvalue weighted by Gasteiger charge is 2.40. The summed E-state index contributed by atoms with van der Waals surface area (Å²) in [4.78, 5) is 0. The minimum absolute atomic E-state index is 0.851. The van der Waals surface area contributed by atoms with Crippen LogP contribution in [0.5, 0.6) is 0 Å². The topological polar surface area (TPSA) is 0 Å². The van der Waals surface area contributed by atoms with E-state index >= 15 is 0 Å². The molecule has 0 aromatic heterocycles. The first kappa shape index (κ1) is 13.1. The second-order valence-corrected chi connectivity index (χ2v) is 6.69. The summed E-state index contributed by atoms with van der Waals surface area (Å²) in [6.07, 6.45) is 1.44. The van der Waals surface area contributed by atoms with E-state index in [9.17, 15) is 0 Å². The van der Waals surface area contributed by atoms with Crippen molar-refractivity contribution >= 4 is 0 Å². The average molecular weight is 210 g/mol. The van der Waals surface area contributed by atoms with E-state index in [0.29, 0.717) is 0 Å². The van der Waals surface area contributed by atoms with E-state index in [1.807, 2.05) is 0 Å². The lowest BCUT2D eigenvalue weighted by atomic mass is 9.58. The van der Waals surface area contributed by atoms with Crippen LogP contribution in [-0.2, 0) is 0 Å². The summed E-state index contributed by atoms with van der Waals surface area (Å²) in [5.74, 6) is 6.33. The Balaban J connectivity index is 2.84. The molecule has 0 nitrogen and oxygen atoms in total. The van der Waals surface area contributed by atoms with Crippen molar-refractivity contribution < 1.29 is 0 Å². The highest BCUT2D eigenvalue weighted by atomic mass is 14.5. The largest absolute Gasteiger partial charge is 0.0625 e. The van der Waals surface area contributed by atoms with Crippen molar-refractivity contribution in [2.45, 2.75) is 54.9 Å². The van der Waals surface area contributed by atoms with Gasteiger partial charge in [0.25, 0.3) is 0 Å². The van der Waals surface area contributed by atoms with Gasteiger partial charge >= 0.3 is 0 Å². The number of rotatable bonds is 2. The molecule has 0 bridgehead atoms. The third kappa shape index (κ3) is 2.57. The molecule has 4 unspecified atom stereocenters. The Bertz CT molecular complexity index is 172. The van der Waals surface area contributed by atoms with Crippen LogP contribution in [0.4, 0.5) is 0 Å². The van der Waals surface area contributed by atoms with Gasteiger partial charge in [-0.3, -0.25) is 0 Å². The van der Waals surface area contributed by atoms with Crippen molar-refractivity contribution in [2.24, 2.45) is 41.4 Å². The van der Waals surface area contributed by atoms with Crippen LogP contribution in [-0.4, -0.2) is 0 Å². The summed E-state index contributed by atoms with van der Waals surface area (Å²) >= 11 is 0. The smallest absolute Gasteiger partial charge is 0.0337 e. The van der Waals surface area contributed by atoms with Crippen LogP contribution in [0.1, 0.15) is 54.9 Å². The minimum Gasteiger partial charge on any atom is -0.0625 e. The third-order valence-electron chi connectivity index (χ3n) is 4.81. The Morgan fingerprint density at radius 3 is 1.33 bits per heavy atom. The molecule has 0 heterocycles. The van der Waals surface area contributed by atoms with Crippen LogP contribution in [0.25, 0.3) is 0 Å². The number of hydrogen-bond acceptors (Lipinski definition) is 0. The monoisotopic (exact) mass is 210 g/mol. The Labute approximate surface area is 96.8 Å². The summed E-state index contributed by atoms with van der Waals surface area (Å²) in [5.41, 5.74) is 0. The average Bonchev–Trinajstić information content (AvgIpc) is 1.99. The molecule has 0 spiro atoms. The van der Waals surface area contributed by atoms with Gasteiger partial charge < -0.3 is 0 Å². The zero-order valence-corrected chi connectivity index (χ0v) is 11.7. The molecule has 0 amide bonds. The van der Waals surface area contributed by atoms with Gasteiger partial charge in [-0.25, -0.2) is 0 Å². The molecule has 1 saturated carbocycles. The zero-order chi connectivity index (χ0) is 11.7. The molecule has 1 rings (SSSR count). The van der Waals surface area contributed by atoms with Crippen molar-refractivity contribution in [3.05, 3.63) is 0 Å². The van der Waals surface area contributed by atoms with Crippen LogP contribution in [0.3, 0.4) is 0 Å². The molecule has 0 heteroatoms. The molecule has 0 aromatic carbocycles. The van der Waals surface area contributed by atoms with Crippen molar-refractivity contribution in [3.8, 4) is 0 Å². The second-order valence-electron chi connectivity index (χ2n) is 6.69. The molecular formula is C15H30. The maximum atomic E-state index is 2.50. The molecule has 1 aliphatic carbocycles. The fraction of sp³-hybridized carbons (Fsp3) is 1.00. The highest BCUT2D eigenvalue weighted by Crippen LogP contribution is 2.47. The van der Waals surface area contributed by atoms with Gasteiger partial charge in [-0.1, -0.05) is 48.5 Å². The first-order valence-electron chi connectivity index (χ1n) is 6.86. The predicted molar refractivity (Wildman–Crippen MR) is 68.8 cm³/mol. The Hall–Kier alpha value is 0. The summed E-state index contributed by atoms with van der Waals surface area (Å²) in [7, 11) is 0.